The van der Waals surface area contributed by atoms with Gasteiger partial charge in [-0.15, -0.1) is 0 Å². The Morgan fingerprint density at radius 2 is 1.74 bits per heavy atom. The number of carboxylic acid groups (broad SMARTS) is 1. The van der Waals surface area contributed by atoms with E-state index in [1.165, 1.54) is 34.1 Å². The molecule has 2 aromatic carbocycles. The van der Waals surface area contributed by atoms with Crippen LogP contribution in [0.4, 0.5) is 20.6 Å². The van der Waals surface area contributed by atoms with E-state index in [0.717, 1.165) is 6.07 Å². The summed E-state index contributed by atoms with van der Waals surface area (Å²) in [5.74, 6) is -2.86. The molecule has 2 saturated heterocycles. The summed E-state index contributed by atoms with van der Waals surface area (Å²) in [5.41, 5.74) is 1.01. The lowest BCUT2D eigenvalue weighted by molar-refractivity contribution is -0.150. The number of nitrogens with one attached hydrogen (secondary N) is 2. The molecule has 208 valence electrons. The van der Waals surface area contributed by atoms with Gasteiger partial charge in [0.15, 0.2) is 12.2 Å². The molecule has 39 heavy (non-hydrogen) atoms. The lowest BCUT2D eigenvalue weighted by Crippen LogP contribution is -2.55. The number of rotatable bonds is 7. The van der Waals surface area contributed by atoms with Crippen molar-refractivity contribution in [1.29, 1.82) is 0 Å². The molecule has 0 spiro atoms. The zero-order chi connectivity index (χ0) is 28.1. The number of hydrogen-bond donors (Lipinski definition) is 4. The van der Waals surface area contributed by atoms with Crippen molar-refractivity contribution < 1.29 is 43.3 Å². The van der Waals surface area contributed by atoms with E-state index in [-0.39, 0.29) is 24.4 Å². The number of aliphatic hydroxyl groups excluding tert-OH is 1. The van der Waals surface area contributed by atoms with E-state index in [0.29, 0.717) is 37.6 Å². The number of morpholine rings is 2. The van der Waals surface area contributed by atoms with Gasteiger partial charge in [-0.1, -0.05) is 12.1 Å². The van der Waals surface area contributed by atoms with Crippen molar-refractivity contribution in [3.05, 3.63) is 59.4 Å². The number of aliphatic hydroxyl groups is 1. The zero-order valence-electron chi connectivity index (χ0n) is 21.1. The highest BCUT2D eigenvalue weighted by molar-refractivity contribution is 6.04. The molecule has 2 fully saturated rings. The summed E-state index contributed by atoms with van der Waals surface area (Å²) in [6.07, 6.45) is -4.56. The van der Waals surface area contributed by atoms with Crippen molar-refractivity contribution in [1.82, 2.24) is 10.2 Å². The fourth-order valence-electron chi connectivity index (χ4n) is 4.35. The first-order valence-corrected chi connectivity index (χ1v) is 12.3. The molecule has 0 radical (unpaired) electrons. The topological polar surface area (TPSA) is 158 Å². The summed E-state index contributed by atoms with van der Waals surface area (Å²) in [4.78, 5) is 52.3. The molecule has 0 bridgehead atoms. The second-order valence-corrected chi connectivity index (χ2v) is 9.08. The minimum atomic E-state index is -1.86. The first-order valence-electron chi connectivity index (χ1n) is 12.3. The average Bonchev–Trinajstić information content (AvgIpc) is 2.93. The summed E-state index contributed by atoms with van der Waals surface area (Å²) >= 11 is 0. The molecule has 2 aliphatic rings. The molecule has 2 aliphatic heterocycles. The number of amides is 4. The van der Waals surface area contributed by atoms with Crippen molar-refractivity contribution in [2.45, 2.75) is 25.2 Å². The van der Waals surface area contributed by atoms with Crippen LogP contribution in [0.5, 0.6) is 0 Å². The number of anilines is 2. The number of hydrogen-bond acceptors (Lipinski definition) is 7. The fraction of sp³-hybridized carbons (Fsp3) is 0.385. The minimum Gasteiger partial charge on any atom is -0.465 e. The van der Waals surface area contributed by atoms with Crippen LogP contribution in [-0.4, -0.2) is 90.6 Å². The van der Waals surface area contributed by atoms with Gasteiger partial charge in [0.1, 0.15) is 5.82 Å². The van der Waals surface area contributed by atoms with Gasteiger partial charge in [-0.05, 0) is 42.8 Å². The Hall–Kier alpha value is -4.07. The minimum absolute atomic E-state index is 0.00592. The van der Waals surface area contributed by atoms with E-state index in [2.05, 4.69) is 10.6 Å². The molecule has 4 N–H and O–H groups in total. The number of carbonyl (C=O) groups excluding carboxylic acids is 3. The number of ether oxygens (including phenoxy) is 2. The molecule has 0 aliphatic carbocycles. The van der Waals surface area contributed by atoms with Crippen LogP contribution in [0.2, 0.25) is 0 Å². The standard InChI is InChI=1S/C26H29FN4O8/c1-15(28-26(36)37)16-2-4-17(5-3-16)29-23(33)21(32)22-25(35)31(10-13-39-22)18-6-7-20(27)19(14-18)24(34)30-8-11-38-12-9-30/h2-7,14-15,21-22,28,32H,8-13H2,1H3,(H,29,33)(H,36,37)/t15-,21-,22-/m1/s1. The molecule has 0 aromatic heterocycles. The van der Waals surface area contributed by atoms with E-state index < -0.39 is 47.9 Å². The second kappa shape index (κ2) is 12.2. The quantitative estimate of drug-likeness (QED) is 0.407. The van der Waals surface area contributed by atoms with Crippen molar-refractivity contribution in [2.24, 2.45) is 0 Å². The number of nitrogens with zero attached hydrogens (tertiary/aromatic N) is 2. The fourth-order valence-corrected chi connectivity index (χ4v) is 4.35. The van der Waals surface area contributed by atoms with Crippen LogP contribution < -0.4 is 15.5 Å². The van der Waals surface area contributed by atoms with Crippen molar-refractivity contribution in [2.75, 3.05) is 49.7 Å². The summed E-state index contributed by atoms with van der Waals surface area (Å²) in [7, 11) is 0. The largest absolute Gasteiger partial charge is 0.465 e. The summed E-state index contributed by atoms with van der Waals surface area (Å²) in [5, 5.41) is 24.3. The maximum Gasteiger partial charge on any atom is 0.405 e. The number of halogens is 1. The van der Waals surface area contributed by atoms with Crippen molar-refractivity contribution >= 4 is 35.2 Å². The normalized spacial score (nSPS) is 19.3. The molecule has 0 saturated carbocycles. The van der Waals surface area contributed by atoms with E-state index in [1.54, 1.807) is 19.1 Å². The van der Waals surface area contributed by atoms with Crippen LogP contribution in [0.1, 0.15) is 28.9 Å². The highest BCUT2D eigenvalue weighted by atomic mass is 19.1. The van der Waals surface area contributed by atoms with Gasteiger partial charge in [0.25, 0.3) is 17.7 Å². The molecule has 2 heterocycles. The molecular formula is C26H29FN4O8. The lowest BCUT2D eigenvalue weighted by atomic mass is 10.1. The molecule has 4 rings (SSSR count). The predicted molar refractivity (Wildman–Crippen MR) is 136 cm³/mol. The highest BCUT2D eigenvalue weighted by Gasteiger charge is 2.39. The van der Waals surface area contributed by atoms with Gasteiger partial charge in [-0.3, -0.25) is 14.4 Å². The van der Waals surface area contributed by atoms with Crippen molar-refractivity contribution in [3.8, 4) is 0 Å². The third-order valence-corrected chi connectivity index (χ3v) is 6.49. The summed E-state index contributed by atoms with van der Waals surface area (Å²) < 4.78 is 25.2. The molecular weight excluding hydrogens is 515 g/mol. The van der Waals surface area contributed by atoms with Gasteiger partial charge in [0, 0.05) is 31.0 Å². The van der Waals surface area contributed by atoms with Gasteiger partial charge in [0.05, 0.1) is 31.4 Å². The monoisotopic (exact) mass is 544 g/mol. The first kappa shape index (κ1) is 28.0. The first-order chi connectivity index (χ1) is 18.7. The maximum absolute atomic E-state index is 14.6. The SMILES string of the molecule is C[C@@H](NC(=O)O)c1ccc(NC(=O)[C@H](O)[C@H]2OCCN(c3ccc(F)c(C(=O)N4CCOCC4)c3)C2=O)cc1. The van der Waals surface area contributed by atoms with E-state index in [4.69, 9.17) is 14.6 Å². The van der Waals surface area contributed by atoms with Gasteiger partial charge in [0.2, 0.25) is 0 Å². The zero-order valence-corrected chi connectivity index (χ0v) is 21.1. The Kier molecular flexibility index (Phi) is 8.74. The van der Waals surface area contributed by atoms with Crippen LogP contribution >= 0.6 is 0 Å². The van der Waals surface area contributed by atoms with Gasteiger partial charge >= 0.3 is 6.09 Å². The summed E-state index contributed by atoms with van der Waals surface area (Å²) in [6.45, 7) is 3.07. The third-order valence-electron chi connectivity index (χ3n) is 6.49. The lowest BCUT2D eigenvalue weighted by Gasteiger charge is -2.34. The smallest absolute Gasteiger partial charge is 0.405 e. The van der Waals surface area contributed by atoms with E-state index in [1.807, 2.05) is 0 Å². The highest BCUT2D eigenvalue weighted by Crippen LogP contribution is 2.25. The molecule has 4 amide bonds. The van der Waals surface area contributed by atoms with Gasteiger partial charge in [-0.2, -0.15) is 0 Å². The molecule has 2 aromatic rings. The molecule has 0 unspecified atom stereocenters. The maximum atomic E-state index is 14.6. The number of carbonyl (C=O) groups is 4. The van der Waals surface area contributed by atoms with Crippen LogP contribution in [0.25, 0.3) is 0 Å². The molecule has 3 atom stereocenters. The van der Waals surface area contributed by atoms with E-state index >= 15 is 0 Å². The van der Waals surface area contributed by atoms with Crippen LogP contribution in [0.15, 0.2) is 42.5 Å². The average molecular weight is 545 g/mol. The molecule has 12 nitrogen and oxygen atoms in total. The van der Waals surface area contributed by atoms with E-state index in [9.17, 15) is 28.7 Å². The summed E-state index contributed by atoms with van der Waals surface area (Å²) in [6, 6.07) is 9.52. The van der Waals surface area contributed by atoms with Crippen LogP contribution in [0, 0.1) is 5.82 Å². The third kappa shape index (κ3) is 6.50. The Morgan fingerprint density at radius 3 is 2.41 bits per heavy atom. The Balaban J connectivity index is 1.43. The van der Waals surface area contributed by atoms with Gasteiger partial charge < -0.3 is 40.1 Å². The van der Waals surface area contributed by atoms with Crippen LogP contribution in [0.3, 0.4) is 0 Å². The van der Waals surface area contributed by atoms with Crippen molar-refractivity contribution in [3.63, 3.8) is 0 Å². The van der Waals surface area contributed by atoms with Crippen LogP contribution in [-0.2, 0) is 19.1 Å². The van der Waals surface area contributed by atoms with Gasteiger partial charge in [-0.25, -0.2) is 9.18 Å². The Labute approximate surface area is 223 Å². The second-order valence-electron chi connectivity index (χ2n) is 9.08. The predicted octanol–water partition coefficient (Wildman–Crippen LogP) is 1.36. The Bertz CT molecular complexity index is 1230. The Morgan fingerprint density at radius 1 is 1.05 bits per heavy atom. The number of benzene rings is 2. The molecule has 13 heteroatoms.